The number of piperidine rings is 1. The van der Waals surface area contributed by atoms with E-state index in [-0.39, 0.29) is 24.6 Å². The van der Waals surface area contributed by atoms with E-state index in [0.717, 1.165) is 0 Å². The fourth-order valence-electron chi connectivity index (χ4n) is 3.53. The Morgan fingerprint density at radius 2 is 1.82 bits per heavy atom. The van der Waals surface area contributed by atoms with Crippen LogP contribution in [0.3, 0.4) is 0 Å². The maximum atomic E-state index is 12.8. The fraction of sp³-hybridized carbons (Fsp3) is 0.333. The zero-order valence-corrected chi connectivity index (χ0v) is 15.6. The summed E-state index contributed by atoms with van der Waals surface area (Å²) in [4.78, 5) is 27.1. The second kappa shape index (κ2) is 7.80. The number of nitrogens with one attached hydrogen (secondary N) is 1. The standard InChI is InChI=1S/C21H22N2O5/c1-26-17-5-3-2-4-16(17)20(24)22-15-8-10-23(11-9-15)21(25)14-6-7-18-19(12-14)28-13-27-18/h2-7,12,15H,8-11,13H2,1H3,(H,22,24). The second-order valence-electron chi connectivity index (χ2n) is 6.81. The molecule has 1 saturated heterocycles. The van der Waals surface area contributed by atoms with Crippen molar-refractivity contribution >= 4 is 11.8 Å². The summed E-state index contributed by atoms with van der Waals surface area (Å²) in [5.41, 5.74) is 1.10. The number of methoxy groups -OCH3 is 1. The molecule has 0 saturated carbocycles. The van der Waals surface area contributed by atoms with Crippen molar-refractivity contribution in [3.63, 3.8) is 0 Å². The summed E-state index contributed by atoms with van der Waals surface area (Å²) >= 11 is 0. The summed E-state index contributed by atoms with van der Waals surface area (Å²) in [6, 6.07) is 12.4. The van der Waals surface area contributed by atoms with Crippen molar-refractivity contribution in [3.05, 3.63) is 53.6 Å². The monoisotopic (exact) mass is 382 g/mol. The molecule has 7 heteroatoms. The summed E-state index contributed by atoms with van der Waals surface area (Å²) in [5, 5.41) is 3.05. The number of hydrogen-bond acceptors (Lipinski definition) is 5. The summed E-state index contributed by atoms with van der Waals surface area (Å²) < 4.78 is 15.9. The van der Waals surface area contributed by atoms with Gasteiger partial charge in [0.1, 0.15) is 5.75 Å². The van der Waals surface area contributed by atoms with Crippen LogP contribution in [-0.2, 0) is 0 Å². The maximum Gasteiger partial charge on any atom is 0.255 e. The lowest BCUT2D eigenvalue weighted by Gasteiger charge is -2.32. The topological polar surface area (TPSA) is 77.1 Å². The number of carbonyl (C=O) groups excluding carboxylic acids is 2. The van der Waals surface area contributed by atoms with Crippen molar-refractivity contribution in [1.29, 1.82) is 0 Å². The third kappa shape index (κ3) is 3.60. The van der Waals surface area contributed by atoms with E-state index in [2.05, 4.69) is 5.32 Å². The molecule has 2 aliphatic rings. The van der Waals surface area contributed by atoms with Crippen LogP contribution in [0, 0.1) is 0 Å². The Morgan fingerprint density at radius 3 is 2.61 bits per heavy atom. The van der Waals surface area contributed by atoms with Gasteiger partial charge >= 0.3 is 0 Å². The number of likely N-dealkylation sites (tertiary alicyclic amines) is 1. The van der Waals surface area contributed by atoms with E-state index in [1.54, 1.807) is 37.4 Å². The van der Waals surface area contributed by atoms with Crippen LogP contribution in [0.25, 0.3) is 0 Å². The molecule has 0 aromatic heterocycles. The van der Waals surface area contributed by atoms with E-state index in [0.29, 0.717) is 54.3 Å². The quantitative estimate of drug-likeness (QED) is 0.879. The molecule has 28 heavy (non-hydrogen) atoms. The molecule has 2 aromatic rings. The van der Waals surface area contributed by atoms with Gasteiger partial charge in [-0.2, -0.15) is 0 Å². The van der Waals surface area contributed by atoms with Crippen LogP contribution in [0.1, 0.15) is 33.6 Å². The zero-order valence-electron chi connectivity index (χ0n) is 15.6. The number of amides is 2. The highest BCUT2D eigenvalue weighted by Gasteiger charge is 2.26. The van der Waals surface area contributed by atoms with Gasteiger partial charge in [0, 0.05) is 24.7 Å². The van der Waals surface area contributed by atoms with Crippen molar-refractivity contribution < 1.29 is 23.8 Å². The molecule has 2 amide bonds. The molecule has 2 heterocycles. The molecule has 146 valence electrons. The Morgan fingerprint density at radius 1 is 1.07 bits per heavy atom. The average molecular weight is 382 g/mol. The van der Waals surface area contributed by atoms with Crippen molar-refractivity contribution in [2.24, 2.45) is 0 Å². The molecule has 0 bridgehead atoms. The van der Waals surface area contributed by atoms with Gasteiger partial charge in [-0.05, 0) is 43.2 Å². The first-order chi connectivity index (χ1) is 13.7. The summed E-state index contributed by atoms with van der Waals surface area (Å²) in [7, 11) is 1.55. The normalized spacial score (nSPS) is 16.0. The minimum Gasteiger partial charge on any atom is -0.496 e. The van der Waals surface area contributed by atoms with E-state index in [1.165, 1.54) is 0 Å². The third-order valence-corrected chi connectivity index (χ3v) is 5.09. The van der Waals surface area contributed by atoms with Crippen LogP contribution < -0.4 is 19.5 Å². The molecule has 2 aliphatic heterocycles. The van der Waals surface area contributed by atoms with Gasteiger partial charge in [-0.1, -0.05) is 12.1 Å². The molecule has 0 unspecified atom stereocenters. The first kappa shape index (κ1) is 18.2. The highest BCUT2D eigenvalue weighted by atomic mass is 16.7. The molecule has 0 radical (unpaired) electrons. The van der Waals surface area contributed by atoms with Gasteiger partial charge in [0.05, 0.1) is 12.7 Å². The molecule has 7 nitrogen and oxygen atoms in total. The Kier molecular flexibility index (Phi) is 5.06. The molecule has 2 aromatic carbocycles. The van der Waals surface area contributed by atoms with E-state index in [1.807, 2.05) is 17.0 Å². The molecule has 1 N–H and O–H groups in total. The number of fused-ring (bicyclic) bond motifs is 1. The Hall–Kier alpha value is -3.22. The lowest BCUT2D eigenvalue weighted by atomic mass is 10.0. The first-order valence-corrected chi connectivity index (χ1v) is 9.28. The molecule has 0 spiro atoms. The van der Waals surface area contributed by atoms with E-state index >= 15 is 0 Å². The Balaban J connectivity index is 1.34. The molecule has 0 atom stereocenters. The van der Waals surface area contributed by atoms with Crippen LogP contribution in [0.5, 0.6) is 17.2 Å². The molecule has 1 fully saturated rings. The van der Waals surface area contributed by atoms with Crippen molar-refractivity contribution in [2.45, 2.75) is 18.9 Å². The second-order valence-corrected chi connectivity index (χ2v) is 6.81. The number of hydrogen-bond donors (Lipinski definition) is 1. The SMILES string of the molecule is COc1ccccc1C(=O)NC1CCN(C(=O)c2ccc3c(c2)OCO3)CC1. The minimum atomic E-state index is -0.155. The average Bonchev–Trinajstić information content (AvgIpc) is 3.21. The van der Waals surface area contributed by atoms with Crippen LogP contribution in [0.15, 0.2) is 42.5 Å². The molecule has 4 rings (SSSR count). The van der Waals surface area contributed by atoms with Crippen LogP contribution in [-0.4, -0.2) is 49.7 Å². The minimum absolute atomic E-state index is 0.0261. The molecule has 0 aliphatic carbocycles. The first-order valence-electron chi connectivity index (χ1n) is 9.28. The summed E-state index contributed by atoms with van der Waals surface area (Å²) in [6.45, 7) is 1.36. The Bertz CT molecular complexity index is 890. The smallest absolute Gasteiger partial charge is 0.255 e. The predicted octanol–water partition coefficient (Wildman–Crippen LogP) is 2.46. The molecular formula is C21H22N2O5. The van der Waals surface area contributed by atoms with Gasteiger partial charge in [0.25, 0.3) is 11.8 Å². The van der Waals surface area contributed by atoms with Gasteiger partial charge < -0.3 is 24.4 Å². The van der Waals surface area contributed by atoms with Gasteiger partial charge in [0.15, 0.2) is 11.5 Å². The number of rotatable bonds is 4. The van der Waals surface area contributed by atoms with Crippen LogP contribution in [0.4, 0.5) is 0 Å². The van der Waals surface area contributed by atoms with Gasteiger partial charge in [-0.3, -0.25) is 9.59 Å². The molecular weight excluding hydrogens is 360 g/mol. The lowest BCUT2D eigenvalue weighted by Crippen LogP contribution is -2.46. The number of carbonyl (C=O) groups is 2. The lowest BCUT2D eigenvalue weighted by molar-refractivity contribution is 0.0697. The highest BCUT2D eigenvalue weighted by Crippen LogP contribution is 2.33. The number of para-hydroxylation sites is 1. The van der Waals surface area contributed by atoms with Gasteiger partial charge in [0.2, 0.25) is 6.79 Å². The zero-order chi connectivity index (χ0) is 19.5. The largest absolute Gasteiger partial charge is 0.496 e. The number of ether oxygens (including phenoxy) is 3. The van der Waals surface area contributed by atoms with Crippen LogP contribution in [0.2, 0.25) is 0 Å². The van der Waals surface area contributed by atoms with E-state index in [9.17, 15) is 9.59 Å². The van der Waals surface area contributed by atoms with E-state index in [4.69, 9.17) is 14.2 Å². The highest BCUT2D eigenvalue weighted by molar-refractivity contribution is 5.97. The number of nitrogens with zero attached hydrogens (tertiary/aromatic N) is 1. The number of benzene rings is 2. The maximum absolute atomic E-state index is 12.8. The van der Waals surface area contributed by atoms with Crippen molar-refractivity contribution in [3.8, 4) is 17.2 Å². The fourth-order valence-corrected chi connectivity index (χ4v) is 3.53. The van der Waals surface area contributed by atoms with Crippen molar-refractivity contribution in [1.82, 2.24) is 10.2 Å². The van der Waals surface area contributed by atoms with Gasteiger partial charge in [-0.25, -0.2) is 0 Å². The van der Waals surface area contributed by atoms with E-state index < -0.39 is 0 Å². The summed E-state index contributed by atoms with van der Waals surface area (Å²) in [5.74, 6) is 1.63. The summed E-state index contributed by atoms with van der Waals surface area (Å²) in [6.07, 6.45) is 1.41. The van der Waals surface area contributed by atoms with Gasteiger partial charge in [-0.15, -0.1) is 0 Å². The van der Waals surface area contributed by atoms with Crippen LogP contribution >= 0.6 is 0 Å². The Labute approximate surface area is 163 Å². The van der Waals surface area contributed by atoms with Crippen molar-refractivity contribution in [2.75, 3.05) is 27.0 Å². The third-order valence-electron chi connectivity index (χ3n) is 5.09. The predicted molar refractivity (Wildman–Crippen MR) is 102 cm³/mol.